The third-order valence-corrected chi connectivity index (χ3v) is 2.19. The minimum atomic E-state index is -0.592. The molecule has 0 amide bonds. The van der Waals surface area contributed by atoms with Gasteiger partial charge in [0.05, 0.1) is 12.7 Å². The van der Waals surface area contributed by atoms with Gasteiger partial charge < -0.3 is 10.5 Å². The Labute approximate surface area is 82.1 Å². The molecular formula is C10H11F2NO. The average Bonchev–Trinajstić information content (AvgIpc) is 2.95. The molecule has 14 heavy (non-hydrogen) atoms. The summed E-state index contributed by atoms with van der Waals surface area (Å²) in [5, 5.41) is 0. The summed E-state index contributed by atoms with van der Waals surface area (Å²) in [6.07, 6.45) is 0.386. The van der Waals surface area contributed by atoms with Gasteiger partial charge in [0.25, 0.3) is 0 Å². The second-order valence-corrected chi connectivity index (χ2v) is 3.46. The zero-order valence-electron chi connectivity index (χ0n) is 8.47. The molecule has 1 aromatic rings. The number of rotatable bonds is 4. The van der Waals surface area contributed by atoms with Gasteiger partial charge in [-0.3, -0.25) is 0 Å². The molecule has 0 aliphatic carbocycles. The molecule has 0 spiro atoms. The standard InChI is InChI=1S/C10H11F2NO/c11-7-1-6(2-8(12)4-7)3-9(13)10-5-14-10/h1-2,4,9-10H,3,5,13H2/t9-,10-/m0/s1/i/hT. The molecule has 4 heteroatoms. The van der Waals surface area contributed by atoms with Gasteiger partial charge in [0.1, 0.15) is 13.0 Å². The van der Waals surface area contributed by atoms with Gasteiger partial charge in [0, 0.05) is 12.1 Å². The Kier molecular flexibility index (Phi) is 2.16. The third-order valence-electron chi connectivity index (χ3n) is 2.19. The average molecular weight is 201 g/mol. The van der Waals surface area contributed by atoms with Crippen LogP contribution in [0, 0.1) is 11.6 Å². The van der Waals surface area contributed by atoms with Crippen molar-refractivity contribution in [3.63, 3.8) is 0 Å². The normalized spacial score (nSPS) is 23.0. The van der Waals surface area contributed by atoms with Gasteiger partial charge in [-0.1, -0.05) is 0 Å². The molecule has 1 saturated heterocycles. The zero-order valence-corrected chi connectivity index (χ0v) is 7.47. The molecule has 1 aromatic carbocycles. The van der Waals surface area contributed by atoms with Crippen molar-refractivity contribution in [2.75, 3.05) is 6.61 Å². The maximum atomic E-state index is 12.9. The van der Waals surface area contributed by atoms with Crippen molar-refractivity contribution in [1.82, 2.24) is 0 Å². The molecule has 2 N–H and O–H groups in total. The molecule has 1 heterocycles. The molecule has 0 radical (unpaired) electrons. The Morgan fingerprint density at radius 2 is 2.14 bits per heavy atom. The molecule has 76 valence electrons. The number of benzene rings is 1. The first-order valence-electron chi connectivity index (χ1n) is 4.93. The van der Waals surface area contributed by atoms with Crippen molar-refractivity contribution in [2.45, 2.75) is 18.6 Å². The summed E-state index contributed by atoms with van der Waals surface area (Å²) in [5.74, 6) is -1.18. The van der Waals surface area contributed by atoms with Gasteiger partial charge in [-0.25, -0.2) is 8.78 Å². The molecular weight excluding hydrogens is 188 g/mol. The summed E-state index contributed by atoms with van der Waals surface area (Å²) >= 11 is 0. The lowest BCUT2D eigenvalue weighted by atomic mass is 10.0. The van der Waals surface area contributed by atoms with E-state index in [-0.39, 0.29) is 12.1 Å². The number of nitrogens with two attached hydrogens (primary N) is 1. The second kappa shape index (κ2) is 3.63. The summed E-state index contributed by atoms with van der Waals surface area (Å²) in [4.78, 5) is 0. The van der Waals surface area contributed by atoms with Crippen molar-refractivity contribution < 1.29 is 14.9 Å². The van der Waals surface area contributed by atoms with Crippen molar-refractivity contribution in [3.05, 3.63) is 35.4 Å². The first-order valence-corrected chi connectivity index (χ1v) is 4.43. The molecule has 0 saturated carbocycles. The number of hydrogen-bond acceptors (Lipinski definition) is 2. The fourth-order valence-corrected chi connectivity index (χ4v) is 1.40. The van der Waals surface area contributed by atoms with Crippen LogP contribution in [-0.4, -0.2) is 18.8 Å². The van der Waals surface area contributed by atoms with E-state index in [1.54, 1.807) is 0 Å². The Morgan fingerprint density at radius 1 is 1.50 bits per heavy atom. The van der Waals surface area contributed by atoms with Crippen molar-refractivity contribution in [3.8, 4) is 0 Å². The van der Waals surface area contributed by atoms with Crippen LogP contribution in [0.25, 0.3) is 0 Å². The van der Waals surface area contributed by atoms with E-state index in [1.807, 2.05) is 0 Å². The Bertz CT molecular complexity index is 337. The molecule has 0 aromatic heterocycles. The van der Waals surface area contributed by atoms with E-state index in [1.165, 1.54) is 12.1 Å². The smallest absolute Gasteiger partial charge is 0.126 e. The Balaban J connectivity index is 2.08. The quantitative estimate of drug-likeness (QED) is 0.744. The van der Waals surface area contributed by atoms with Crippen molar-refractivity contribution in [2.24, 2.45) is 5.73 Å². The fraction of sp³-hybridized carbons (Fsp3) is 0.400. The Morgan fingerprint density at radius 3 is 2.64 bits per heavy atom. The molecule has 2 atom stereocenters. The van der Waals surface area contributed by atoms with E-state index in [2.05, 4.69) is 5.73 Å². The van der Waals surface area contributed by atoms with Crippen LogP contribution in [0.15, 0.2) is 18.2 Å². The van der Waals surface area contributed by atoms with E-state index < -0.39 is 11.6 Å². The van der Waals surface area contributed by atoms with Gasteiger partial charge in [-0.15, -0.1) is 0 Å². The molecule has 1 fully saturated rings. The molecule has 0 unspecified atom stereocenters. The fourth-order valence-electron chi connectivity index (χ4n) is 1.40. The highest BCUT2D eigenvalue weighted by Gasteiger charge is 2.29. The summed E-state index contributed by atoms with van der Waals surface area (Å²) in [6.45, 7) is 0.606. The lowest BCUT2D eigenvalue weighted by Crippen LogP contribution is -2.29. The minimum Gasteiger partial charge on any atom is -0.371 e. The van der Waals surface area contributed by atoms with E-state index >= 15 is 0 Å². The van der Waals surface area contributed by atoms with Crippen LogP contribution in [0.1, 0.15) is 5.56 Å². The van der Waals surface area contributed by atoms with Crippen LogP contribution in [0.2, 0.25) is 1.41 Å². The van der Waals surface area contributed by atoms with Crippen LogP contribution in [-0.2, 0) is 11.2 Å². The van der Waals surface area contributed by atoms with Gasteiger partial charge in [-0.2, -0.15) is 0 Å². The monoisotopic (exact) mass is 201 g/mol. The van der Waals surface area contributed by atoms with E-state index in [0.717, 1.165) is 6.07 Å². The predicted molar refractivity (Wildman–Crippen MR) is 47.8 cm³/mol. The Hall–Kier alpha value is -1.00. The van der Waals surface area contributed by atoms with E-state index in [0.29, 0.717) is 18.6 Å². The van der Waals surface area contributed by atoms with Crippen LogP contribution in [0.3, 0.4) is 0 Å². The lowest BCUT2D eigenvalue weighted by Gasteiger charge is -2.08. The largest absolute Gasteiger partial charge is 0.371 e. The highest BCUT2D eigenvalue weighted by molar-refractivity contribution is 5.19. The summed E-state index contributed by atoms with van der Waals surface area (Å²) in [7, 11) is 0. The van der Waals surface area contributed by atoms with Crippen LogP contribution in [0.5, 0.6) is 0 Å². The number of halogens is 2. The molecule has 2 nitrogen and oxygen atoms in total. The van der Waals surface area contributed by atoms with Crippen LogP contribution >= 0.6 is 0 Å². The van der Waals surface area contributed by atoms with E-state index in [9.17, 15) is 8.78 Å². The summed E-state index contributed by atoms with van der Waals surface area (Å²) in [6, 6.07) is 3.18. The highest BCUT2D eigenvalue weighted by Crippen LogP contribution is 2.17. The molecule has 0 bridgehead atoms. The van der Waals surface area contributed by atoms with Gasteiger partial charge in [0.2, 0.25) is 0 Å². The number of hydrogen-bond donors (Lipinski definition) is 1. The summed E-state index contributed by atoms with van der Waals surface area (Å²) < 4.78 is 37.8. The zero-order chi connectivity index (χ0) is 10.8. The number of epoxide rings is 1. The van der Waals surface area contributed by atoms with Crippen molar-refractivity contribution >= 4 is 0 Å². The first kappa shape index (κ1) is 8.32. The maximum absolute atomic E-state index is 12.9. The topological polar surface area (TPSA) is 38.5 Å². The lowest BCUT2D eigenvalue weighted by molar-refractivity contribution is 0.371. The molecule has 2 rings (SSSR count). The second-order valence-electron chi connectivity index (χ2n) is 3.46. The first-order chi connectivity index (χ1) is 7.19. The van der Waals surface area contributed by atoms with E-state index in [4.69, 9.17) is 6.15 Å². The molecule has 1 aliphatic rings. The predicted octanol–water partition coefficient (Wildman–Crippen LogP) is 1.23. The van der Waals surface area contributed by atoms with Gasteiger partial charge in [0.15, 0.2) is 0 Å². The minimum absolute atomic E-state index is 0.00571. The molecule has 1 aliphatic heterocycles. The summed E-state index contributed by atoms with van der Waals surface area (Å²) in [5.41, 5.74) is 2.87. The third kappa shape index (κ3) is 2.27. The van der Waals surface area contributed by atoms with Crippen molar-refractivity contribution in [1.29, 1.82) is 0 Å². The maximum Gasteiger partial charge on any atom is 0.126 e. The van der Waals surface area contributed by atoms with Gasteiger partial charge >= 0.3 is 0 Å². The number of ether oxygens (including phenoxy) is 1. The van der Waals surface area contributed by atoms with Gasteiger partial charge in [-0.05, 0) is 24.1 Å². The SMILES string of the molecule is [3H]N[C@@H](Cc1cc(F)cc(F)c1)[C@@H]1CO1. The van der Waals surface area contributed by atoms with Crippen LogP contribution < -0.4 is 5.73 Å². The highest BCUT2D eigenvalue weighted by atomic mass is 19.1. The van der Waals surface area contributed by atoms with Crippen LogP contribution in [0.4, 0.5) is 8.78 Å².